The largest absolute Gasteiger partial charge is 0.326 e. The Morgan fingerprint density at radius 2 is 2.22 bits per heavy atom. The minimum atomic E-state index is -2.82. The normalized spacial score (nSPS) is 15.0. The van der Waals surface area contributed by atoms with Gasteiger partial charge < -0.3 is 9.42 Å². The van der Waals surface area contributed by atoms with Gasteiger partial charge in [0.15, 0.2) is 0 Å². The zero-order valence-electron chi connectivity index (χ0n) is 5.55. The van der Waals surface area contributed by atoms with Crippen LogP contribution < -0.4 is 0 Å². The topological polar surface area (TPSA) is 46.5 Å². The molecular formula is C5H11O3P. The van der Waals surface area contributed by atoms with Crippen LogP contribution in [0.1, 0.15) is 13.8 Å². The van der Waals surface area contributed by atoms with E-state index < -0.39 is 13.9 Å². The molecule has 0 aromatic heterocycles. The average Bonchev–Trinajstić information content (AvgIpc) is 1.63. The molecule has 0 radical (unpaired) electrons. The molecule has 0 bridgehead atoms. The lowest BCUT2D eigenvalue weighted by molar-refractivity contribution is 0.152. The van der Waals surface area contributed by atoms with Crippen LogP contribution in [0.3, 0.4) is 0 Å². The molecule has 0 spiro atoms. The Balaban J connectivity index is 3.86. The van der Waals surface area contributed by atoms with Gasteiger partial charge in [0.2, 0.25) is 0 Å². The van der Waals surface area contributed by atoms with Crippen LogP contribution in [-0.2, 0) is 9.09 Å². The lowest BCUT2D eigenvalue weighted by Crippen LogP contribution is -2.16. The highest BCUT2D eigenvalue weighted by molar-refractivity contribution is 7.32. The van der Waals surface area contributed by atoms with Crippen LogP contribution in [-0.4, -0.2) is 10.5 Å². The third-order valence-electron chi connectivity index (χ3n) is 0.842. The summed E-state index contributed by atoms with van der Waals surface area (Å²) in [5.41, 5.74) is -0.690. The Morgan fingerprint density at radius 3 is 2.33 bits per heavy atom. The smallest absolute Gasteiger partial charge is 0.317 e. The van der Waals surface area contributed by atoms with E-state index in [1.807, 2.05) is 0 Å². The summed E-state index contributed by atoms with van der Waals surface area (Å²) in [5.74, 6) is 0. The molecule has 4 heteroatoms. The van der Waals surface area contributed by atoms with Crippen molar-refractivity contribution in [1.29, 1.82) is 0 Å². The van der Waals surface area contributed by atoms with Gasteiger partial charge in [-0.25, -0.2) is 0 Å². The summed E-state index contributed by atoms with van der Waals surface area (Å²) in [6, 6.07) is 0. The van der Waals surface area contributed by atoms with Crippen LogP contribution in [0.5, 0.6) is 0 Å². The van der Waals surface area contributed by atoms with Crippen molar-refractivity contribution in [2.45, 2.75) is 19.4 Å². The quantitative estimate of drug-likeness (QED) is 0.488. The highest BCUT2D eigenvalue weighted by Crippen LogP contribution is 2.25. The van der Waals surface area contributed by atoms with E-state index in [9.17, 15) is 4.57 Å². The van der Waals surface area contributed by atoms with Gasteiger partial charge in [-0.3, -0.25) is 4.57 Å². The summed E-state index contributed by atoms with van der Waals surface area (Å²) in [5, 5.41) is 0. The summed E-state index contributed by atoms with van der Waals surface area (Å²) in [4.78, 5) is 8.30. The number of hydrogen-bond acceptors (Lipinski definition) is 2. The van der Waals surface area contributed by atoms with Crippen LogP contribution in [0, 0.1) is 0 Å². The van der Waals surface area contributed by atoms with Gasteiger partial charge in [-0.05, 0) is 13.8 Å². The molecule has 1 unspecified atom stereocenters. The van der Waals surface area contributed by atoms with E-state index in [0.717, 1.165) is 0 Å². The molecule has 0 aliphatic rings. The molecule has 0 saturated heterocycles. The van der Waals surface area contributed by atoms with Gasteiger partial charge in [-0.15, -0.1) is 6.58 Å². The second-order valence-corrected chi connectivity index (χ2v) is 2.91. The molecule has 0 aromatic rings. The molecule has 0 aromatic carbocycles. The molecular weight excluding hydrogens is 139 g/mol. The van der Waals surface area contributed by atoms with E-state index >= 15 is 0 Å². The van der Waals surface area contributed by atoms with E-state index in [-0.39, 0.29) is 0 Å². The van der Waals surface area contributed by atoms with Gasteiger partial charge in [0.25, 0.3) is 0 Å². The van der Waals surface area contributed by atoms with Crippen molar-refractivity contribution >= 4 is 8.25 Å². The van der Waals surface area contributed by atoms with Crippen molar-refractivity contribution in [2.75, 3.05) is 0 Å². The first-order chi connectivity index (χ1) is 3.98. The minimum absolute atomic E-state index is 0.690. The Morgan fingerprint density at radius 1 is 1.78 bits per heavy atom. The van der Waals surface area contributed by atoms with E-state index in [2.05, 4.69) is 11.1 Å². The van der Waals surface area contributed by atoms with E-state index in [1.165, 1.54) is 6.08 Å². The Bertz CT molecular complexity index is 130. The maximum atomic E-state index is 10.1. The molecule has 0 amide bonds. The van der Waals surface area contributed by atoms with Gasteiger partial charge in [0.1, 0.15) is 0 Å². The Kier molecular flexibility index (Phi) is 3.12. The molecule has 0 aliphatic heterocycles. The molecule has 1 atom stereocenters. The fourth-order valence-corrected chi connectivity index (χ4v) is 0.800. The summed E-state index contributed by atoms with van der Waals surface area (Å²) in [7, 11) is -2.82. The Labute approximate surface area is 55.3 Å². The maximum Gasteiger partial charge on any atom is 0.317 e. The SMILES string of the molecule is C=CC(C)(C)O[PH](=O)O. The second-order valence-electron chi connectivity index (χ2n) is 2.18. The van der Waals surface area contributed by atoms with Gasteiger partial charge in [-0.2, -0.15) is 0 Å². The first-order valence-electron chi connectivity index (χ1n) is 2.53. The van der Waals surface area contributed by atoms with Crippen LogP contribution in [0.4, 0.5) is 0 Å². The Hall–Kier alpha value is -0.110. The van der Waals surface area contributed by atoms with Crippen LogP contribution >= 0.6 is 8.25 Å². The first-order valence-corrected chi connectivity index (χ1v) is 3.80. The molecule has 0 aliphatic carbocycles. The average molecular weight is 150 g/mol. The summed E-state index contributed by atoms with van der Waals surface area (Å²) < 4.78 is 14.7. The van der Waals surface area contributed by atoms with Crippen molar-refractivity contribution in [1.82, 2.24) is 0 Å². The standard InChI is InChI=1S/C5H11O3P/c1-4-5(2,3)8-9(6)7/h4,9H,1H2,2-3H3,(H,6,7). The first kappa shape index (κ1) is 8.89. The van der Waals surface area contributed by atoms with Gasteiger partial charge in [-0.1, -0.05) is 6.08 Å². The monoisotopic (exact) mass is 150 g/mol. The third-order valence-corrected chi connectivity index (χ3v) is 1.54. The zero-order chi connectivity index (χ0) is 7.49. The molecule has 0 heterocycles. The lowest BCUT2D eigenvalue weighted by Gasteiger charge is -2.17. The van der Waals surface area contributed by atoms with E-state index in [4.69, 9.17) is 4.89 Å². The summed E-state index contributed by atoms with van der Waals surface area (Å²) >= 11 is 0. The number of hydrogen-bond donors (Lipinski definition) is 1. The van der Waals surface area contributed by atoms with Crippen molar-refractivity contribution in [3.8, 4) is 0 Å². The van der Waals surface area contributed by atoms with Gasteiger partial charge in [0, 0.05) is 0 Å². The molecule has 3 nitrogen and oxygen atoms in total. The van der Waals surface area contributed by atoms with E-state index in [1.54, 1.807) is 13.8 Å². The van der Waals surface area contributed by atoms with Crippen LogP contribution in [0.2, 0.25) is 0 Å². The molecule has 0 fully saturated rings. The molecule has 54 valence electrons. The number of rotatable bonds is 3. The molecule has 9 heavy (non-hydrogen) atoms. The maximum absolute atomic E-state index is 10.1. The van der Waals surface area contributed by atoms with Crippen LogP contribution in [0.15, 0.2) is 12.7 Å². The molecule has 0 rings (SSSR count). The van der Waals surface area contributed by atoms with E-state index in [0.29, 0.717) is 0 Å². The zero-order valence-corrected chi connectivity index (χ0v) is 6.55. The summed E-state index contributed by atoms with van der Waals surface area (Å²) in [6.45, 7) is 6.76. The molecule has 1 N–H and O–H groups in total. The highest BCUT2D eigenvalue weighted by atomic mass is 31.1. The van der Waals surface area contributed by atoms with Gasteiger partial charge in [0.05, 0.1) is 5.60 Å². The van der Waals surface area contributed by atoms with Crippen molar-refractivity contribution in [3.63, 3.8) is 0 Å². The van der Waals surface area contributed by atoms with Crippen molar-refractivity contribution in [2.24, 2.45) is 0 Å². The second kappa shape index (κ2) is 3.16. The van der Waals surface area contributed by atoms with Gasteiger partial charge >= 0.3 is 8.25 Å². The highest BCUT2D eigenvalue weighted by Gasteiger charge is 2.14. The fraction of sp³-hybridized carbons (Fsp3) is 0.600. The molecule has 0 saturated carbocycles. The predicted octanol–water partition coefficient (Wildman–Crippen LogP) is 1.35. The van der Waals surface area contributed by atoms with Crippen molar-refractivity contribution < 1.29 is 14.0 Å². The summed E-state index contributed by atoms with van der Waals surface area (Å²) in [6.07, 6.45) is 1.48. The predicted molar refractivity (Wildman–Crippen MR) is 36.6 cm³/mol. The lowest BCUT2D eigenvalue weighted by atomic mass is 10.1. The fourth-order valence-electron chi connectivity index (χ4n) is 0.267. The van der Waals surface area contributed by atoms with Crippen LogP contribution in [0.25, 0.3) is 0 Å². The third kappa shape index (κ3) is 4.40. The van der Waals surface area contributed by atoms with Crippen molar-refractivity contribution in [3.05, 3.63) is 12.7 Å². The minimum Gasteiger partial charge on any atom is -0.326 e.